The van der Waals surface area contributed by atoms with E-state index in [1.165, 1.54) is 0 Å². The van der Waals surface area contributed by atoms with Gasteiger partial charge in [0.1, 0.15) is 5.78 Å². The van der Waals surface area contributed by atoms with E-state index >= 15 is 0 Å². The Labute approximate surface area is 141 Å². The van der Waals surface area contributed by atoms with Crippen LogP contribution in [0.4, 0.5) is 0 Å². The van der Waals surface area contributed by atoms with Crippen molar-refractivity contribution < 1.29 is 19.1 Å². The molecule has 0 saturated carbocycles. The fourth-order valence-corrected chi connectivity index (χ4v) is 2.08. The molecule has 5 heteroatoms. The number of hydrogen-bond acceptors (Lipinski definition) is 4. The largest absolute Gasteiger partial charge is 0.380 e. The normalized spacial score (nSPS) is 12.3. The van der Waals surface area contributed by atoms with E-state index in [2.05, 4.69) is 5.32 Å². The molecule has 0 aliphatic heterocycles. The van der Waals surface area contributed by atoms with Gasteiger partial charge in [0, 0.05) is 38.0 Å². The predicted molar refractivity (Wildman–Crippen MR) is 92.5 cm³/mol. The average Bonchev–Trinajstić information content (AvgIpc) is 2.48. The van der Waals surface area contributed by atoms with Crippen molar-refractivity contribution in [2.75, 3.05) is 26.4 Å². The quantitative estimate of drug-likeness (QED) is 0.527. The molecular weight excluding hydrogens is 294 g/mol. The van der Waals surface area contributed by atoms with Gasteiger partial charge in [-0.1, -0.05) is 27.7 Å². The first-order chi connectivity index (χ1) is 10.6. The fourth-order valence-electron chi connectivity index (χ4n) is 2.08. The maximum Gasteiger partial charge on any atom is 0.219 e. The van der Waals surface area contributed by atoms with Gasteiger partial charge in [-0.2, -0.15) is 0 Å². The van der Waals surface area contributed by atoms with Crippen LogP contribution in [0.25, 0.3) is 0 Å². The van der Waals surface area contributed by atoms with Crippen LogP contribution in [0.1, 0.15) is 67.2 Å². The van der Waals surface area contributed by atoms with E-state index in [0.29, 0.717) is 39.2 Å². The minimum absolute atomic E-state index is 0.0431. The monoisotopic (exact) mass is 329 g/mol. The van der Waals surface area contributed by atoms with Gasteiger partial charge in [-0.25, -0.2) is 0 Å². The van der Waals surface area contributed by atoms with Crippen LogP contribution in [0.2, 0.25) is 0 Å². The molecule has 0 aromatic carbocycles. The van der Waals surface area contributed by atoms with Gasteiger partial charge >= 0.3 is 0 Å². The summed E-state index contributed by atoms with van der Waals surface area (Å²) in [5.74, 6) is 0.317. The van der Waals surface area contributed by atoms with Crippen molar-refractivity contribution in [1.29, 1.82) is 0 Å². The molecule has 0 heterocycles. The lowest BCUT2D eigenvalue weighted by atomic mass is 9.83. The number of carbonyl (C=O) groups excluding carboxylic acids is 2. The maximum atomic E-state index is 11.8. The summed E-state index contributed by atoms with van der Waals surface area (Å²) in [6.45, 7) is 14.0. The summed E-state index contributed by atoms with van der Waals surface area (Å²) in [6.07, 6.45) is 2.57. The molecule has 0 fully saturated rings. The Morgan fingerprint density at radius 2 is 1.57 bits per heavy atom. The summed E-state index contributed by atoms with van der Waals surface area (Å²) in [5.41, 5.74) is -0.600. The molecule has 0 aromatic rings. The lowest BCUT2D eigenvalue weighted by Crippen LogP contribution is -2.31. The second-order valence-electron chi connectivity index (χ2n) is 7.08. The molecule has 0 bridgehead atoms. The van der Waals surface area contributed by atoms with Gasteiger partial charge in [0.25, 0.3) is 0 Å². The summed E-state index contributed by atoms with van der Waals surface area (Å²) in [5, 5.41) is 2.77. The topological polar surface area (TPSA) is 64.6 Å². The van der Waals surface area contributed by atoms with Crippen LogP contribution >= 0.6 is 0 Å². The van der Waals surface area contributed by atoms with Gasteiger partial charge in [0.15, 0.2) is 0 Å². The molecule has 0 aromatic heterocycles. The Hall–Kier alpha value is -0.940. The third kappa shape index (κ3) is 10.4. The summed E-state index contributed by atoms with van der Waals surface area (Å²) in [7, 11) is 0. The molecule has 5 nitrogen and oxygen atoms in total. The third-order valence-corrected chi connectivity index (χ3v) is 4.03. The van der Waals surface area contributed by atoms with Crippen molar-refractivity contribution in [1.82, 2.24) is 5.32 Å². The van der Waals surface area contributed by atoms with Crippen LogP contribution in [-0.2, 0) is 19.1 Å². The molecule has 0 unspecified atom stereocenters. The maximum absolute atomic E-state index is 11.8. The van der Waals surface area contributed by atoms with Crippen molar-refractivity contribution in [3.05, 3.63) is 0 Å². The zero-order valence-electron chi connectivity index (χ0n) is 15.8. The zero-order valence-corrected chi connectivity index (χ0v) is 15.8. The highest BCUT2D eigenvalue weighted by Gasteiger charge is 2.27. The summed E-state index contributed by atoms with van der Waals surface area (Å²) >= 11 is 0. The number of rotatable bonds is 13. The van der Waals surface area contributed by atoms with E-state index in [0.717, 1.165) is 12.8 Å². The molecule has 0 spiro atoms. The van der Waals surface area contributed by atoms with Gasteiger partial charge < -0.3 is 14.8 Å². The molecule has 1 N–H and O–H groups in total. The molecule has 0 rings (SSSR count). The van der Waals surface area contributed by atoms with Crippen LogP contribution in [-0.4, -0.2) is 43.7 Å². The number of Topliss-reactive ketones (excluding diaryl/α,β-unsaturated/α-hetero) is 1. The lowest BCUT2D eigenvalue weighted by molar-refractivity contribution is -0.129. The standard InChI is InChI=1S/C18H35NO4/c1-7-15(20)17(3,4)9-13-23-18(5,6)10-12-22-14-11-19-16(21)8-2/h7-14H2,1-6H3,(H,19,21). The Morgan fingerprint density at radius 1 is 0.913 bits per heavy atom. The Balaban J connectivity index is 3.84. The van der Waals surface area contributed by atoms with E-state index < -0.39 is 0 Å². The number of hydrogen-bond donors (Lipinski definition) is 1. The first-order valence-electron chi connectivity index (χ1n) is 8.66. The van der Waals surface area contributed by atoms with E-state index in [9.17, 15) is 9.59 Å². The Kier molecular flexibility index (Phi) is 10.3. The minimum atomic E-state index is -0.321. The second kappa shape index (κ2) is 10.8. The van der Waals surface area contributed by atoms with E-state index in [4.69, 9.17) is 9.47 Å². The SMILES string of the molecule is CCC(=O)NCCOCCC(C)(C)OCCC(C)(C)C(=O)CC. The van der Waals surface area contributed by atoms with Crippen molar-refractivity contribution in [2.24, 2.45) is 5.41 Å². The van der Waals surface area contributed by atoms with Crippen LogP contribution in [0.15, 0.2) is 0 Å². The smallest absolute Gasteiger partial charge is 0.219 e. The number of carbonyl (C=O) groups is 2. The Bertz CT molecular complexity index is 364. The van der Waals surface area contributed by atoms with Crippen molar-refractivity contribution in [2.45, 2.75) is 72.8 Å². The fraction of sp³-hybridized carbons (Fsp3) is 0.889. The zero-order chi connectivity index (χ0) is 17.9. The van der Waals surface area contributed by atoms with Crippen LogP contribution < -0.4 is 5.32 Å². The van der Waals surface area contributed by atoms with Crippen LogP contribution in [0, 0.1) is 5.41 Å². The van der Waals surface area contributed by atoms with Gasteiger partial charge in [0.05, 0.1) is 12.2 Å². The first kappa shape index (κ1) is 22.1. The van der Waals surface area contributed by atoms with Gasteiger partial charge in [0.2, 0.25) is 5.91 Å². The van der Waals surface area contributed by atoms with Crippen molar-refractivity contribution in [3.63, 3.8) is 0 Å². The summed E-state index contributed by atoms with van der Waals surface area (Å²) in [4.78, 5) is 22.9. The number of ketones is 1. The summed E-state index contributed by atoms with van der Waals surface area (Å²) < 4.78 is 11.4. The van der Waals surface area contributed by atoms with Crippen LogP contribution in [0.5, 0.6) is 0 Å². The predicted octanol–water partition coefficient (Wildman–Crippen LogP) is 3.11. The molecule has 0 aliphatic carbocycles. The molecule has 23 heavy (non-hydrogen) atoms. The molecule has 0 saturated heterocycles. The van der Waals surface area contributed by atoms with Crippen molar-refractivity contribution in [3.8, 4) is 0 Å². The molecule has 1 amide bonds. The Morgan fingerprint density at radius 3 is 2.13 bits per heavy atom. The van der Waals surface area contributed by atoms with E-state index in [-0.39, 0.29) is 22.7 Å². The van der Waals surface area contributed by atoms with Crippen LogP contribution in [0.3, 0.4) is 0 Å². The lowest BCUT2D eigenvalue weighted by Gasteiger charge is -2.28. The van der Waals surface area contributed by atoms with Crippen molar-refractivity contribution >= 4 is 11.7 Å². The van der Waals surface area contributed by atoms with Gasteiger partial charge in [-0.15, -0.1) is 0 Å². The number of amides is 1. The van der Waals surface area contributed by atoms with Gasteiger partial charge in [-0.3, -0.25) is 9.59 Å². The highest BCUT2D eigenvalue weighted by atomic mass is 16.5. The second-order valence-corrected chi connectivity index (χ2v) is 7.08. The van der Waals surface area contributed by atoms with E-state index in [1.54, 1.807) is 0 Å². The highest BCUT2D eigenvalue weighted by molar-refractivity contribution is 5.83. The average molecular weight is 329 g/mol. The minimum Gasteiger partial charge on any atom is -0.380 e. The number of ether oxygens (including phenoxy) is 2. The van der Waals surface area contributed by atoms with Gasteiger partial charge in [-0.05, 0) is 26.7 Å². The molecule has 0 aliphatic rings. The molecule has 0 atom stereocenters. The number of nitrogens with one attached hydrogen (secondary N) is 1. The summed E-state index contributed by atoms with van der Waals surface area (Å²) in [6, 6.07) is 0. The first-order valence-corrected chi connectivity index (χ1v) is 8.66. The third-order valence-electron chi connectivity index (χ3n) is 4.03. The highest BCUT2D eigenvalue weighted by Crippen LogP contribution is 2.25. The molecule has 0 radical (unpaired) electrons. The van der Waals surface area contributed by atoms with E-state index in [1.807, 2.05) is 41.5 Å². The molecular formula is C18H35NO4. The molecule has 136 valence electrons.